The van der Waals surface area contributed by atoms with Gasteiger partial charge in [-0.3, -0.25) is 4.79 Å². The zero-order valence-electron chi connectivity index (χ0n) is 10.7. The average molecular weight is 250 g/mol. The first-order valence-corrected chi connectivity index (χ1v) is 6.09. The van der Waals surface area contributed by atoms with Gasteiger partial charge in [-0.15, -0.1) is 0 Å². The molecule has 1 saturated carbocycles. The molecule has 0 aliphatic heterocycles. The maximum absolute atomic E-state index is 12.0. The second-order valence-corrected chi connectivity index (χ2v) is 4.59. The van der Waals surface area contributed by atoms with Crippen LogP contribution in [-0.4, -0.2) is 25.1 Å². The molecule has 0 heterocycles. The molecule has 1 aromatic rings. The first kappa shape index (κ1) is 12.9. The summed E-state index contributed by atoms with van der Waals surface area (Å²) in [6.07, 6.45) is 2.59. The van der Waals surface area contributed by atoms with Crippen LogP contribution >= 0.6 is 0 Å². The monoisotopic (exact) mass is 250 g/mol. The smallest absolute Gasteiger partial charge is 0.168 e. The lowest BCUT2D eigenvalue weighted by Crippen LogP contribution is -2.38. The molecular weight excluding hydrogens is 232 g/mol. The fourth-order valence-electron chi connectivity index (χ4n) is 2.36. The topological polar surface area (TPSA) is 55.8 Å². The van der Waals surface area contributed by atoms with Crippen LogP contribution in [0.25, 0.3) is 0 Å². The van der Waals surface area contributed by atoms with Crippen LogP contribution in [0.5, 0.6) is 11.5 Å². The molecule has 4 nitrogen and oxygen atoms in total. The van der Waals surface area contributed by atoms with Gasteiger partial charge in [0.25, 0.3) is 0 Å². The van der Waals surface area contributed by atoms with E-state index in [1.165, 1.54) is 0 Å². The van der Waals surface area contributed by atoms with Crippen LogP contribution in [0, 0.1) is 0 Å². The van der Waals surface area contributed by atoms with E-state index in [9.17, 15) is 9.90 Å². The Kier molecular flexibility index (Phi) is 3.57. The molecule has 0 amide bonds. The fourth-order valence-corrected chi connectivity index (χ4v) is 2.36. The normalized spacial score (nSPS) is 23.8. The molecule has 1 fully saturated rings. The van der Waals surface area contributed by atoms with Crippen LogP contribution in [0.2, 0.25) is 0 Å². The van der Waals surface area contributed by atoms with E-state index in [1.807, 2.05) is 0 Å². The Morgan fingerprint density at radius 2 is 1.72 bits per heavy atom. The number of benzene rings is 1. The summed E-state index contributed by atoms with van der Waals surface area (Å²) in [5.41, 5.74) is -0.830. The molecule has 1 aliphatic carbocycles. The van der Waals surface area contributed by atoms with Gasteiger partial charge in [-0.05, 0) is 37.0 Å². The molecule has 98 valence electrons. The number of aliphatic hydroxyl groups is 1. The van der Waals surface area contributed by atoms with E-state index in [1.54, 1.807) is 32.4 Å². The highest BCUT2D eigenvalue weighted by molar-refractivity contribution is 5.89. The Bertz CT molecular complexity index is 433. The van der Waals surface area contributed by atoms with Gasteiger partial charge in [0.2, 0.25) is 0 Å². The van der Waals surface area contributed by atoms with E-state index >= 15 is 0 Å². The van der Waals surface area contributed by atoms with Crippen LogP contribution in [0.1, 0.15) is 31.2 Å². The molecule has 1 unspecified atom stereocenters. The van der Waals surface area contributed by atoms with Crippen LogP contribution in [0.4, 0.5) is 0 Å². The SMILES string of the molecule is COc1cc(OC)cc(C2(O)CCCCC2=O)c1. The highest BCUT2D eigenvalue weighted by Gasteiger charge is 2.39. The van der Waals surface area contributed by atoms with Crippen molar-refractivity contribution in [2.75, 3.05) is 14.2 Å². The molecule has 1 aliphatic rings. The number of Topliss-reactive ketones (excluding diaryl/α,β-unsaturated/α-hetero) is 1. The van der Waals surface area contributed by atoms with Crippen LogP contribution in [0.3, 0.4) is 0 Å². The van der Waals surface area contributed by atoms with Gasteiger partial charge >= 0.3 is 0 Å². The van der Waals surface area contributed by atoms with Crippen molar-refractivity contribution in [3.8, 4) is 11.5 Å². The Morgan fingerprint density at radius 1 is 1.11 bits per heavy atom. The lowest BCUT2D eigenvalue weighted by molar-refractivity contribution is -0.142. The van der Waals surface area contributed by atoms with Gasteiger partial charge < -0.3 is 14.6 Å². The van der Waals surface area contributed by atoms with E-state index in [-0.39, 0.29) is 5.78 Å². The van der Waals surface area contributed by atoms with Crippen molar-refractivity contribution in [1.29, 1.82) is 0 Å². The van der Waals surface area contributed by atoms with E-state index in [2.05, 4.69) is 0 Å². The first-order chi connectivity index (χ1) is 8.60. The standard InChI is InChI=1S/C14H18O4/c1-17-11-7-10(8-12(9-11)18-2)14(16)6-4-3-5-13(14)15/h7-9,16H,3-6H2,1-2H3. The molecule has 2 rings (SSSR count). The lowest BCUT2D eigenvalue weighted by Gasteiger charge is -2.31. The molecule has 0 saturated heterocycles. The predicted molar refractivity (Wildman–Crippen MR) is 66.9 cm³/mol. The number of ketones is 1. The fraction of sp³-hybridized carbons (Fsp3) is 0.500. The molecule has 0 bridgehead atoms. The van der Waals surface area contributed by atoms with Crippen molar-refractivity contribution in [3.05, 3.63) is 23.8 Å². The minimum atomic E-state index is -1.39. The molecule has 0 aromatic heterocycles. The van der Waals surface area contributed by atoms with E-state index in [0.29, 0.717) is 29.9 Å². The van der Waals surface area contributed by atoms with E-state index < -0.39 is 5.60 Å². The summed E-state index contributed by atoms with van der Waals surface area (Å²) in [7, 11) is 3.09. The van der Waals surface area contributed by atoms with Gasteiger partial charge in [0.15, 0.2) is 5.78 Å². The van der Waals surface area contributed by atoms with Gasteiger partial charge in [-0.25, -0.2) is 0 Å². The first-order valence-electron chi connectivity index (χ1n) is 6.09. The minimum Gasteiger partial charge on any atom is -0.497 e. The zero-order chi connectivity index (χ0) is 13.2. The second-order valence-electron chi connectivity index (χ2n) is 4.59. The summed E-state index contributed by atoms with van der Waals surface area (Å²) >= 11 is 0. The summed E-state index contributed by atoms with van der Waals surface area (Å²) in [6, 6.07) is 5.12. The third-order valence-electron chi connectivity index (χ3n) is 3.48. The number of rotatable bonds is 3. The van der Waals surface area contributed by atoms with Crippen LogP contribution < -0.4 is 9.47 Å². The van der Waals surface area contributed by atoms with E-state index in [0.717, 1.165) is 12.8 Å². The molecule has 1 N–H and O–H groups in total. The molecule has 4 heteroatoms. The Hall–Kier alpha value is -1.55. The van der Waals surface area contributed by atoms with Crippen LogP contribution in [-0.2, 0) is 10.4 Å². The lowest BCUT2D eigenvalue weighted by atomic mass is 9.78. The van der Waals surface area contributed by atoms with Crippen molar-refractivity contribution in [2.24, 2.45) is 0 Å². The van der Waals surface area contributed by atoms with Crippen molar-refractivity contribution in [1.82, 2.24) is 0 Å². The Balaban J connectivity index is 2.45. The van der Waals surface area contributed by atoms with Crippen molar-refractivity contribution in [3.63, 3.8) is 0 Å². The highest BCUT2D eigenvalue weighted by atomic mass is 16.5. The number of ether oxygens (including phenoxy) is 2. The Labute approximate surface area is 107 Å². The summed E-state index contributed by atoms with van der Waals surface area (Å²) in [6.45, 7) is 0. The minimum absolute atomic E-state index is 0.121. The number of carbonyl (C=O) groups is 1. The summed E-state index contributed by atoms with van der Waals surface area (Å²) in [5, 5.41) is 10.6. The summed E-state index contributed by atoms with van der Waals surface area (Å²) in [5.74, 6) is 1.04. The second kappa shape index (κ2) is 4.98. The zero-order valence-corrected chi connectivity index (χ0v) is 10.7. The maximum Gasteiger partial charge on any atom is 0.168 e. The van der Waals surface area contributed by atoms with Gasteiger partial charge in [0, 0.05) is 12.5 Å². The third-order valence-corrected chi connectivity index (χ3v) is 3.48. The molecule has 1 atom stereocenters. The van der Waals surface area contributed by atoms with E-state index in [4.69, 9.17) is 9.47 Å². The number of methoxy groups -OCH3 is 2. The quantitative estimate of drug-likeness (QED) is 0.891. The maximum atomic E-state index is 12.0. The summed E-state index contributed by atoms with van der Waals surface area (Å²) in [4.78, 5) is 12.0. The third kappa shape index (κ3) is 2.20. The molecule has 18 heavy (non-hydrogen) atoms. The highest BCUT2D eigenvalue weighted by Crippen LogP contribution is 2.37. The van der Waals surface area contributed by atoms with Crippen molar-refractivity contribution >= 4 is 5.78 Å². The Morgan fingerprint density at radius 3 is 2.22 bits per heavy atom. The van der Waals surface area contributed by atoms with Crippen molar-refractivity contribution < 1.29 is 19.4 Å². The molecule has 0 spiro atoms. The van der Waals surface area contributed by atoms with Gasteiger partial charge in [0.05, 0.1) is 14.2 Å². The predicted octanol–water partition coefficient (Wildman–Crippen LogP) is 2.03. The van der Waals surface area contributed by atoms with Gasteiger partial charge in [-0.2, -0.15) is 0 Å². The average Bonchev–Trinajstić information content (AvgIpc) is 2.41. The van der Waals surface area contributed by atoms with Gasteiger partial charge in [-0.1, -0.05) is 0 Å². The molecule has 1 aromatic carbocycles. The number of hydrogen-bond acceptors (Lipinski definition) is 4. The molecule has 0 radical (unpaired) electrons. The number of hydrogen-bond donors (Lipinski definition) is 1. The number of carbonyl (C=O) groups excluding carboxylic acids is 1. The van der Waals surface area contributed by atoms with Crippen molar-refractivity contribution in [2.45, 2.75) is 31.3 Å². The van der Waals surface area contributed by atoms with Gasteiger partial charge in [0.1, 0.15) is 17.1 Å². The van der Waals surface area contributed by atoms with Crippen LogP contribution in [0.15, 0.2) is 18.2 Å². The summed E-state index contributed by atoms with van der Waals surface area (Å²) < 4.78 is 10.3. The molecular formula is C14H18O4. The largest absolute Gasteiger partial charge is 0.497 e.